The molecule has 1 aliphatic heterocycles. The first-order valence-corrected chi connectivity index (χ1v) is 3.11. The highest BCUT2D eigenvalue weighted by Crippen LogP contribution is 2.08. The minimum absolute atomic E-state index is 0.0694. The molecule has 0 atom stereocenters. The lowest BCUT2D eigenvalue weighted by atomic mass is 10.3. The fourth-order valence-electron chi connectivity index (χ4n) is 0.861. The normalized spacial score (nSPS) is 27.3. The van der Waals surface area contributed by atoms with E-state index < -0.39 is 5.92 Å². The molecule has 0 radical (unpaired) electrons. The van der Waals surface area contributed by atoms with E-state index in [1.165, 1.54) is 0 Å². The van der Waals surface area contributed by atoms with Crippen molar-refractivity contribution in [2.45, 2.75) is 5.92 Å². The van der Waals surface area contributed by atoms with E-state index in [0.29, 0.717) is 6.54 Å². The van der Waals surface area contributed by atoms with Gasteiger partial charge in [-0.1, -0.05) is 0 Å². The van der Waals surface area contributed by atoms with Crippen molar-refractivity contribution in [1.82, 2.24) is 5.32 Å². The summed E-state index contributed by atoms with van der Waals surface area (Å²) in [7, 11) is 0. The summed E-state index contributed by atoms with van der Waals surface area (Å²) in [4.78, 5) is 0. The average molecular weight is 137 g/mol. The van der Waals surface area contributed by atoms with Crippen LogP contribution in [-0.2, 0) is 0 Å². The number of quaternary nitrogens is 1. The van der Waals surface area contributed by atoms with Crippen LogP contribution in [0.2, 0.25) is 0 Å². The zero-order valence-corrected chi connectivity index (χ0v) is 5.16. The van der Waals surface area contributed by atoms with E-state index in [0.717, 1.165) is 6.54 Å². The van der Waals surface area contributed by atoms with Crippen LogP contribution in [0, 0.1) is 0 Å². The molecule has 1 saturated heterocycles. The summed E-state index contributed by atoms with van der Waals surface area (Å²) in [5, 5.41) is 4.30. The maximum atomic E-state index is 12.4. The number of halogens is 2. The minimum atomic E-state index is -2.50. The van der Waals surface area contributed by atoms with E-state index in [1.54, 1.807) is 5.32 Å². The molecule has 1 fully saturated rings. The third-order valence-electron chi connectivity index (χ3n) is 1.35. The summed E-state index contributed by atoms with van der Waals surface area (Å²) in [6.07, 6.45) is 0. The van der Waals surface area contributed by atoms with Crippen LogP contribution in [-0.4, -0.2) is 32.1 Å². The molecule has 1 aliphatic rings. The van der Waals surface area contributed by atoms with Crippen molar-refractivity contribution >= 4 is 0 Å². The van der Waals surface area contributed by atoms with Gasteiger partial charge >= 0.3 is 5.92 Å². The number of hydrogen-bond donors (Lipinski definition) is 2. The third-order valence-corrected chi connectivity index (χ3v) is 1.35. The molecule has 54 valence electrons. The van der Waals surface area contributed by atoms with Gasteiger partial charge in [-0.3, -0.25) is 0 Å². The van der Waals surface area contributed by atoms with Crippen molar-refractivity contribution in [3.8, 4) is 0 Å². The van der Waals surface area contributed by atoms with Gasteiger partial charge in [0, 0.05) is 6.54 Å². The standard InChI is InChI=1S/C5H10F2N2/c6-5(7)3-8-1-2-9-4-5/h8-9H,1-4H2/p+1. The number of hydrogen-bond acceptors (Lipinski definition) is 1. The monoisotopic (exact) mass is 137 g/mol. The molecule has 0 saturated carbocycles. The molecule has 0 aromatic rings. The maximum Gasteiger partial charge on any atom is 0.307 e. The Labute approximate surface area is 52.6 Å². The first-order chi connectivity index (χ1) is 4.21. The lowest BCUT2D eigenvalue weighted by Crippen LogP contribution is -2.87. The van der Waals surface area contributed by atoms with Crippen LogP contribution in [0.5, 0.6) is 0 Å². The Kier molecular flexibility index (Phi) is 1.97. The van der Waals surface area contributed by atoms with Crippen LogP contribution < -0.4 is 10.6 Å². The molecule has 3 N–H and O–H groups in total. The highest BCUT2D eigenvalue weighted by atomic mass is 19.3. The SMILES string of the molecule is FC1(F)CNCC[NH2+]C1. The lowest BCUT2D eigenvalue weighted by molar-refractivity contribution is -0.664. The second kappa shape index (κ2) is 2.58. The third kappa shape index (κ3) is 2.24. The van der Waals surface area contributed by atoms with E-state index in [-0.39, 0.29) is 13.1 Å². The van der Waals surface area contributed by atoms with Crippen molar-refractivity contribution in [3.63, 3.8) is 0 Å². The number of nitrogens with two attached hydrogens (primary N) is 1. The lowest BCUT2D eigenvalue weighted by Gasteiger charge is -2.09. The van der Waals surface area contributed by atoms with E-state index in [4.69, 9.17) is 0 Å². The van der Waals surface area contributed by atoms with E-state index in [9.17, 15) is 8.78 Å². The molecule has 0 aromatic carbocycles. The van der Waals surface area contributed by atoms with Gasteiger partial charge in [0.15, 0.2) is 0 Å². The fraction of sp³-hybridized carbons (Fsp3) is 1.00. The van der Waals surface area contributed by atoms with Crippen LogP contribution in [0.15, 0.2) is 0 Å². The van der Waals surface area contributed by atoms with Gasteiger partial charge in [-0.25, -0.2) is 0 Å². The van der Waals surface area contributed by atoms with Crippen LogP contribution in [0.25, 0.3) is 0 Å². The molecule has 4 heteroatoms. The van der Waals surface area contributed by atoms with E-state index in [2.05, 4.69) is 5.32 Å². The van der Waals surface area contributed by atoms with Gasteiger partial charge in [0.25, 0.3) is 0 Å². The largest absolute Gasteiger partial charge is 0.340 e. The summed E-state index contributed by atoms with van der Waals surface area (Å²) in [5.41, 5.74) is 0. The zero-order valence-electron chi connectivity index (χ0n) is 5.16. The van der Waals surface area contributed by atoms with Gasteiger partial charge in [-0.05, 0) is 0 Å². The quantitative estimate of drug-likeness (QED) is 0.431. The highest BCUT2D eigenvalue weighted by Gasteiger charge is 2.31. The predicted octanol–water partition coefficient (Wildman–Crippen LogP) is -1.21. The van der Waals surface area contributed by atoms with Crippen molar-refractivity contribution in [2.75, 3.05) is 26.2 Å². The van der Waals surface area contributed by atoms with E-state index >= 15 is 0 Å². The Morgan fingerprint density at radius 1 is 1.44 bits per heavy atom. The smallest absolute Gasteiger partial charge is 0.307 e. The first kappa shape index (κ1) is 6.89. The summed E-state index contributed by atoms with van der Waals surface area (Å²) in [6, 6.07) is 0. The molecular formula is C5H11F2N2+. The summed E-state index contributed by atoms with van der Waals surface area (Å²) >= 11 is 0. The van der Waals surface area contributed by atoms with Gasteiger partial charge in [-0.15, -0.1) is 0 Å². The molecule has 1 heterocycles. The first-order valence-electron chi connectivity index (χ1n) is 3.11. The molecule has 0 spiro atoms. The number of alkyl halides is 2. The maximum absolute atomic E-state index is 12.4. The molecule has 0 bridgehead atoms. The molecule has 2 nitrogen and oxygen atoms in total. The second-order valence-electron chi connectivity index (χ2n) is 2.31. The van der Waals surface area contributed by atoms with Crippen molar-refractivity contribution in [2.24, 2.45) is 0 Å². The minimum Gasteiger partial charge on any atom is -0.340 e. The second-order valence-corrected chi connectivity index (χ2v) is 2.31. The Hall–Kier alpha value is -0.220. The highest BCUT2D eigenvalue weighted by molar-refractivity contribution is 4.68. The number of rotatable bonds is 0. The molecule has 0 unspecified atom stereocenters. The van der Waals surface area contributed by atoms with Gasteiger partial charge in [-0.2, -0.15) is 8.78 Å². The van der Waals surface area contributed by atoms with Gasteiger partial charge in [0.2, 0.25) is 0 Å². The molecule has 1 rings (SSSR count). The summed E-state index contributed by atoms with van der Waals surface area (Å²) < 4.78 is 24.7. The van der Waals surface area contributed by atoms with Crippen molar-refractivity contribution < 1.29 is 14.1 Å². The fourth-order valence-corrected chi connectivity index (χ4v) is 0.861. The van der Waals surface area contributed by atoms with Crippen molar-refractivity contribution in [3.05, 3.63) is 0 Å². The Morgan fingerprint density at radius 3 is 3.00 bits per heavy atom. The van der Waals surface area contributed by atoms with Crippen LogP contribution in [0.3, 0.4) is 0 Å². The van der Waals surface area contributed by atoms with Crippen LogP contribution >= 0.6 is 0 Å². The average Bonchev–Trinajstić information content (AvgIpc) is 1.92. The van der Waals surface area contributed by atoms with Crippen molar-refractivity contribution in [1.29, 1.82) is 0 Å². The summed E-state index contributed by atoms with van der Waals surface area (Å²) in [5.74, 6) is -2.50. The molecule has 9 heavy (non-hydrogen) atoms. The topological polar surface area (TPSA) is 28.6 Å². The summed E-state index contributed by atoms with van der Waals surface area (Å²) in [6.45, 7) is 1.22. The Bertz CT molecular complexity index is 85.0. The molecule has 0 aromatic heterocycles. The van der Waals surface area contributed by atoms with E-state index in [1.807, 2.05) is 0 Å². The molecule has 0 aliphatic carbocycles. The molecular weight excluding hydrogens is 126 g/mol. The Balaban J connectivity index is 2.36. The predicted molar refractivity (Wildman–Crippen MR) is 29.5 cm³/mol. The Morgan fingerprint density at radius 2 is 2.22 bits per heavy atom. The van der Waals surface area contributed by atoms with Gasteiger partial charge in [0.1, 0.15) is 6.54 Å². The van der Waals surface area contributed by atoms with Crippen LogP contribution in [0.4, 0.5) is 8.78 Å². The zero-order chi connectivity index (χ0) is 6.74. The van der Waals surface area contributed by atoms with Gasteiger partial charge < -0.3 is 10.6 Å². The van der Waals surface area contributed by atoms with Crippen LogP contribution in [0.1, 0.15) is 0 Å². The van der Waals surface area contributed by atoms with Gasteiger partial charge in [0.05, 0.1) is 13.1 Å². The number of nitrogens with one attached hydrogen (secondary N) is 1. The molecule has 0 amide bonds.